The topological polar surface area (TPSA) is 76.3 Å². The Morgan fingerprint density at radius 3 is 2.80 bits per heavy atom. The van der Waals surface area contributed by atoms with Crippen LogP contribution in [0.5, 0.6) is 0 Å². The number of sulfonamides is 1. The molecule has 0 spiro atoms. The molecule has 0 saturated heterocycles. The molecule has 8 heteroatoms. The summed E-state index contributed by atoms with van der Waals surface area (Å²) < 4.78 is 22.1. The van der Waals surface area contributed by atoms with Gasteiger partial charge in [0.2, 0.25) is 4.34 Å². The van der Waals surface area contributed by atoms with Crippen LogP contribution in [0.15, 0.2) is 4.34 Å². The number of nitrogens with two attached hydrogens (primary N) is 1. The zero-order valence-corrected chi connectivity index (χ0v) is 12.4. The summed E-state index contributed by atoms with van der Waals surface area (Å²) in [7, 11) is -1.63. The Morgan fingerprint density at radius 1 is 1.53 bits per heavy atom. The summed E-state index contributed by atoms with van der Waals surface area (Å²) in [5.74, 6) is 0. The van der Waals surface area contributed by atoms with Crippen molar-refractivity contribution in [1.82, 2.24) is 9.88 Å². The Bertz CT molecular complexity index is 457. The van der Waals surface area contributed by atoms with E-state index in [0.717, 1.165) is 30.1 Å². The fourth-order valence-corrected chi connectivity index (χ4v) is 3.34. The van der Waals surface area contributed by atoms with Gasteiger partial charge in [0.25, 0.3) is 10.0 Å². The molecule has 0 saturated carbocycles. The molecular weight excluding hydrogens is 245 g/mol. The number of hydrogen-bond donors (Lipinski definition) is 1. The predicted molar refractivity (Wildman–Crippen MR) is 59.3 cm³/mol. The van der Waals surface area contributed by atoms with Gasteiger partial charge >= 0.3 is 0 Å². The Balaban J connectivity index is 0.00000112. The van der Waals surface area contributed by atoms with E-state index in [-0.39, 0.29) is 33.9 Å². The van der Waals surface area contributed by atoms with Gasteiger partial charge in [0, 0.05) is 53.9 Å². The normalized spacial score (nSPS) is 16.9. The second-order valence-electron chi connectivity index (χ2n) is 3.38. The predicted octanol–water partition coefficient (Wildman–Crippen LogP) is -0.602. The van der Waals surface area contributed by atoms with Gasteiger partial charge in [-0.05, 0) is 7.05 Å². The van der Waals surface area contributed by atoms with Gasteiger partial charge in [0.1, 0.15) is 0 Å². The first-order valence-electron chi connectivity index (χ1n) is 4.17. The molecule has 0 fully saturated rings. The van der Waals surface area contributed by atoms with E-state index in [4.69, 9.17) is 5.14 Å². The van der Waals surface area contributed by atoms with E-state index >= 15 is 0 Å². The van der Waals surface area contributed by atoms with Gasteiger partial charge in [-0.3, -0.25) is 0 Å². The van der Waals surface area contributed by atoms with E-state index < -0.39 is 10.0 Å². The van der Waals surface area contributed by atoms with E-state index in [0.29, 0.717) is 0 Å². The van der Waals surface area contributed by atoms with Crippen LogP contribution in [0, 0.1) is 0 Å². The summed E-state index contributed by atoms with van der Waals surface area (Å²) in [4.78, 5) is 7.18. The van der Waals surface area contributed by atoms with E-state index in [1.807, 2.05) is 7.05 Å². The first kappa shape index (κ1) is 13.6. The van der Waals surface area contributed by atoms with Crippen molar-refractivity contribution in [2.75, 3.05) is 13.6 Å². The number of nitrogens with zero attached hydrogens (tertiary/aromatic N) is 2. The molecule has 1 radical (unpaired) electrons. The van der Waals surface area contributed by atoms with Gasteiger partial charge < -0.3 is 4.90 Å². The molecule has 5 nitrogen and oxygen atoms in total. The first-order chi connectivity index (χ1) is 6.47. The van der Waals surface area contributed by atoms with Gasteiger partial charge in [-0.2, -0.15) is 0 Å². The fraction of sp³-hybridized carbons (Fsp3) is 0.571. The van der Waals surface area contributed by atoms with Gasteiger partial charge in [0.05, 0.1) is 5.69 Å². The molecule has 1 aliphatic rings. The van der Waals surface area contributed by atoms with Crippen molar-refractivity contribution in [2.24, 2.45) is 5.14 Å². The third-order valence-electron chi connectivity index (χ3n) is 2.15. The second kappa shape index (κ2) is 4.79. The molecule has 2 rings (SSSR count). The molecule has 79 valence electrons. The van der Waals surface area contributed by atoms with Crippen LogP contribution in [0.25, 0.3) is 0 Å². The van der Waals surface area contributed by atoms with Crippen molar-refractivity contribution in [3.8, 4) is 0 Å². The molecule has 15 heavy (non-hydrogen) atoms. The van der Waals surface area contributed by atoms with E-state index in [2.05, 4.69) is 9.88 Å². The van der Waals surface area contributed by atoms with Crippen LogP contribution in [0.2, 0.25) is 0 Å². The number of thiazole rings is 1. The minimum absolute atomic E-state index is 0. The molecule has 1 aliphatic heterocycles. The third-order valence-corrected chi connectivity index (χ3v) is 4.55. The molecule has 0 bridgehead atoms. The third kappa shape index (κ3) is 3.00. The fourth-order valence-electron chi connectivity index (χ4n) is 1.42. The zero-order chi connectivity index (χ0) is 10.3. The number of primary sulfonamides is 1. The maximum atomic E-state index is 11.0. The van der Waals surface area contributed by atoms with E-state index in [9.17, 15) is 8.42 Å². The summed E-state index contributed by atoms with van der Waals surface area (Å²) in [6, 6.07) is 0. The van der Waals surface area contributed by atoms with Crippen molar-refractivity contribution in [3.05, 3.63) is 10.6 Å². The molecule has 2 N–H and O–H groups in total. The average molecular weight is 256 g/mol. The molecule has 1 aromatic rings. The minimum Gasteiger partial charge on any atom is -0.301 e. The van der Waals surface area contributed by atoms with E-state index in [1.54, 1.807) is 0 Å². The summed E-state index contributed by atoms with van der Waals surface area (Å²) in [6.07, 6.45) is 0.803. The average Bonchev–Trinajstić information content (AvgIpc) is 2.45. The second-order valence-corrected chi connectivity index (χ2v) is 6.20. The molecular formula is C7H11N3NaO2S2. The quantitative estimate of drug-likeness (QED) is 0.681. The summed E-state index contributed by atoms with van der Waals surface area (Å²) in [5.41, 5.74) is 0.886. The van der Waals surface area contributed by atoms with Gasteiger partial charge in [-0.1, -0.05) is 0 Å². The summed E-state index contributed by atoms with van der Waals surface area (Å²) in [5, 5.41) is 5.01. The molecule has 0 unspecified atom stereocenters. The Kier molecular flexibility index (Phi) is 4.33. The van der Waals surface area contributed by atoms with Crippen LogP contribution in [0.4, 0.5) is 0 Å². The first-order valence-corrected chi connectivity index (χ1v) is 6.53. The molecule has 0 atom stereocenters. The van der Waals surface area contributed by atoms with Crippen LogP contribution < -0.4 is 5.14 Å². The maximum absolute atomic E-state index is 11.0. The van der Waals surface area contributed by atoms with Crippen molar-refractivity contribution in [3.63, 3.8) is 0 Å². The van der Waals surface area contributed by atoms with Crippen LogP contribution in [0.1, 0.15) is 10.6 Å². The number of rotatable bonds is 1. The molecule has 1 aromatic heterocycles. The standard InChI is InChI=1S/C7H11N3O2S2.Na/c1-10-3-2-5-6(4-10)13-7(9-5)14(8,11)12;/h2-4H2,1H3,(H2,8,11,12);. The molecule has 2 heterocycles. The Hall–Kier alpha value is 0.500. The van der Waals surface area contributed by atoms with Crippen molar-refractivity contribution < 1.29 is 8.42 Å². The minimum atomic E-state index is -3.63. The smallest absolute Gasteiger partial charge is 0.265 e. The van der Waals surface area contributed by atoms with Gasteiger partial charge in [0.15, 0.2) is 0 Å². The Morgan fingerprint density at radius 2 is 2.20 bits per heavy atom. The van der Waals surface area contributed by atoms with Crippen molar-refractivity contribution in [2.45, 2.75) is 17.3 Å². The van der Waals surface area contributed by atoms with Gasteiger partial charge in [-0.15, -0.1) is 11.3 Å². The van der Waals surface area contributed by atoms with Crippen LogP contribution >= 0.6 is 11.3 Å². The SMILES string of the molecule is CN1CCc2nc(S(N)(=O)=O)sc2C1.[Na]. The Labute approximate surface area is 115 Å². The summed E-state index contributed by atoms with van der Waals surface area (Å²) >= 11 is 1.18. The number of fused-ring (bicyclic) bond motifs is 1. The monoisotopic (exact) mass is 256 g/mol. The zero-order valence-electron chi connectivity index (χ0n) is 8.73. The van der Waals surface area contributed by atoms with Crippen LogP contribution in [-0.2, 0) is 23.0 Å². The summed E-state index contributed by atoms with van der Waals surface area (Å²) in [6.45, 7) is 1.68. The number of likely N-dealkylation sites (N-methyl/N-ethyl adjacent to an activating group) is 1. The number of aromatic nitrogens is 1. The molecule has 0 aliphatic carbocycles. The van der Waals surface area contributed by atoms with Crippen LogP contribution in [-0.4, -0.2) is 61.5 Å². The number of hydrogen-bond acceptors (Lipinski definition) is 5. The molecule has 0 aromatic carbocycles. The van der Waals surface area contributed by atoms with Crippen molar-refractivity contribution in [1.29, 1.82) is 0 Å². The van der Waals surface area contributed by atoms with Crippen molar-refractivity contribution >= 4 is 50.9 Å². The van der Waals surface area contributed by atoms with E-state index in [1.165, 1.54) is 11.3 Å². The van der Waals surface area contributed by atoms with Crippen LogP contribution in [0.3, 0.4) is 0 Å². The van der Waals surface area contributed by atoms with Gasteiger partial charge in [-0.25, -0.2) is 18.5 Å². The maximum Gasteiger partial charge on any atom is 0.265 e. The largest absolute Gasteiger partial charge is 0.301 e. The molecule has 0 amide bonds.